The SMILES string of the molecule is COc1ccc(CNC(C(=O)Nc2ccc(NC(C)=O)cc2)c2ccccc2)cc1OC1CCCC1. The summed E-state index contributed by atoms with van der Waals surface area (Å²) < 4.78 is 11.7. The van der Waals surface area contributed by atoms with Crippen LogP contribution >= 0.6 is 0 Å². The maximum absolute atomic E-state index is 13.3. The van der Waals surface area contributed by atoms with Crippen molar-refractivity contribution < 1.29 is 19.1 Å². The molecule has 0 aromatic heterocycles. The summed E-state index contributed by atoms with van der Waals surface area (Å²) in [5.41, 5.74) is 3.18. The molecular weight excluding hydrogens is 454 g/mol. The van der Waals surface area contributed by atoms with Gasteiger partial charge in [0.25, 0.3) is 0 Å². The van der Waals surface area contributed by atoms with Crippen molar-refractivity contribution in [2.24, 2.45) is 0 Å². The van der Waals surface area contributed by atoms with Crippen LogP contribution in [0.25, 0.3) is 0 Å². The van der Waals surface area contributed by atoms with Gasteiger partial charge in [-0.25, -0.2) is 0 Å². The third-order valence-electron chi connectivity index (χ3n) is 6.20. The molecule has 1 aliphatic carbocycles. The molecule has 0 saturated heterocycles. The number of methoxy groups -OCH3 is 1. The van der Waals surface area contributed by atoms with Crippen molar-refractivity contribution in [3.05, 3.63) is 83.9 Å². The van der Waals surface area contributed by atoms with Crippen molar-refractivity contribution >= 4 is 23.2 Å². The van der Waals surface area contributed by atoms with Gasteiger partial charge < -0.3 is 20.1 Å². The fourth-order valence-corrected chi connectivity index (χ4v) is 4.39. The Morgan fingerprint density at radius 3 is 2.19 bits per heavy atom. The van der Waals surface area contributed by atoms with E-state index in [4.69, 9.17) is 9.47 Å². The molecule has 0 bridgehead atoms. The van der Waals surface area contributed by atoms with Gasteiger partial charge in [-0.15, -0.1) is 0 Å². The van der Waals surface area contributed by atoms with E-state index in [1.165, 1.54) is 19.8 Å². The van der Waals surface area contributed by atoms with E-state index in [1.807, 2.05) is 48.5 Å². The number of carbonyl (C=O) groups excluding carboxylic acids is 2. The van der Waals surface area contributed by atoms with Crippen LogP contribution in [0.15, 0.2) is 72.8 Å². The molecule has 1 unspecified atom stereocenters. The molecule has 1 aliphatic rings. The van der Waals surface area contributed by atoms with Crippen molar-refractivity contribution in [1.29, 1.82) is 0 Å². The van der Waals surface area contributed by atoms with Gasteiger partial charge in [0.1, 0.15) is 6.04 Å². The number of rotatable bonds is 10. The zero-order chi connectivity index (χ0) is 25.3. The topological polar surface area (TPSA) is 88.7 Å². The molecule has 0 heterocycles. The lowest BCUT2D eigenvalue weighted by molar-refractivity contribution is -0.118. The first kappa shape index (κ1) is 25.3. The van der Waals surface area contributed by atoms with Crippen molar-refractivity contribution in [3.63, 3.8) is 0 Å². The predicted octanol–water partition coefficient (Wildman–Crippen LogP) is 5.44. The smallest absolute Gasteiger partial charge is 0.246 e. The van der Waals surface area contributed by atoms with Gasteiger partial charge in [0.15, 0.2) is 11.5 Å². The molecule has 188 valence electrons. The van der Waals surface area contributed by atoms with E-state index >= 15 is 0 Å². The second-order valence-corrected chi connectivity index (χ2v) is 8.98. The molecule has 3 N–H and O–H groups in total. The summed E-state index contributed by atoms with van der Waals surface area (Å²) in [4.78, 5) is 24.6. The highest BCUT2D eigenvalue weighted by Crippen LogP contribution is 2.32. The molecule has 0 radical (unpaired) electrons. The molecule has 4 rings (SSSR count). The molecule has 7 nitrogen and oxygen atoms in total. The molecule has 1 fully saturated rings. The Morgan fingerprint density at radius 1 is 0.889 bits per heavy atom. The van der Waals surface area contributed by atoms with Crippen LogP contribution < -0.4 is 25.4 Å². The summed E-state index contributed by atoms with van der Waals surface area (Å²) in [6.45, 7) is 1.93. The molecule has 2 amide bonds. The summed E-state index contributed by atoms with van der Waals surface area (Å²) >= 11 is 0. The van der Waals surface area contributed by atoms with E-state index in [1.54, 1.807) is 31.4 Å². The summed E-state index contributed by atoms with van der Waals surface area (Å²) in [6, 6.07) is 22.0. The first-order valence-electron chi connectivity index (χ1n) is 12.3. The Morgan fingerprint density at radius 2 is 1.56 bits per heavy atom. The van der Waals surface area contributed by atoms with Crippen LogP contribution in [0.2, 0.25) is 0 Å². The van der Waals surface area contributed by atoms with Gasteiger partial charge in [-0.3, -0.25) is 14.9 Å². The lowest BCUT2D eigenvalue weighted by Gasteiger charge is -2.20. The summed E-state index contributed by atoms with van der Waals surface area (Å²) in [7, 11) is 1.65. The van der Waals surface area contributed by atoms with Gasteiger partial charge in [0, 0.05) is 24.8 Å². The first-order valence-corrected chi connectivity index (χ1v) is 12.3. The summed E-state index contributed by atoms with van der Waals surface area (Å²) in [6.07, 6.45) is 4.74. The van der Waals surface area contributed by atoms with Crippen LogP contribution in [0.4, 0.5) is 11.4 Å². The van der Waals surface area contributed by atoms with E-state index in [9.17, 15) is 9.59 Å². The predicted molar refractivity (Wildman–Crippen MR) is 141 cm³/mol. The van der Waals surface area contributed by atoms with Crippen LogP contribution in [0, 0.1) is 0 Å². The van der Waals surface area contributed by atoms with Crippen molar-refractivity contribution in [3.8, 4) is 11.5 Å². The third kappa shape index (κ3) is 6.86. The number of hydrogen-bond donors (Lipinski definition) is 3. The molecule has 1 saturated carbocycles. The second-order valence-electron chi connectivity index (χ2n) is 8.98. The van der Waals surface area contributed by atoms with Crippen LogP contribution in [-0.2, 0) is 16.1 Å². The number of hydrogen-bond acceptors (Lipinski definition) is 5. The molecule has 3 aromatic rings. The summed E-state index contributed by atoms with van der Waals surface area (Å²) in [5, 5.41) is 9.10. The Kier molecular flexibility index (Phi) is 8.57. The molecule has 0 spiro atoms. The van der Waals surface area contributed by atoms with Gasteiger partial charge >= 0.3 is 0 Å². The van der Waals surface area contributed by atoms with E-state index in [0.717, 1.165) is 29.7 Å². The zero-order valence-corrected chi connectivity index (χ0v) is 20.8. The standard InChI is InChI=1S/C29H33N3O4/c1-20(33)31-23-13-15-24(16-14-23)32-29(34)28(22-8-4-3-5-9-22)30-19-21-12-17-26(35-2)27(18-21)36-25-10-6-7-11-25/h3-5,8-9,12-18,25,28,30H,6-7,10-11,19H2,1-2H3,(H,31,33)(H,32,34). The zero-order valence-electron chi connectivity index (χ0n) is 20.8. The van der Waals surface area contributed by atoms with Crippen LogP contribution in [0.3, 0.4) is 0 Å². The van der Waals surface area contributed by atoms with Crippen LogP contribution in [0.5, 0.6) is 11.5 Å². The van der Waals surface area contributed by atoms with Gasteiger partial charge in [-0.05, 0) is 73.2 Å². The molecule has 3 aromatic carbocycles. The number of carbonyl (C=O) groups is 2. The Hall–Kier alpha value is -3.84. The van der Waals surface area contributed by atoms with Crippen LogP contribution in [-0.4, -0.2) is 25.0 Å². The fraction of sp³-hybridized carbons (Fsp3) is 0.310. The second kappa shape index (κ2) is 12.2. The number of nitrogens with one attached hydrogen (secondary N) is 3. The number of amides is 2. The van der Waals surface area contributed by atoms with E-state index in [2.05, 4.69) is 16.0 Å². The average Bonchev–Trinajstić information content (AvgIpc) is 3.39. The average molecular weight is 488 g/mol. The largest absolute Gasteiger partial charge is 0.493 e. The number of benzene rings is 3. The van der Waals surface area contributed by atoms with Crippen molar-refractivity contribution in [2.45, 2.75) is 51.3 Å². The summed E-state index contributed by atoms with van der Waals surface area (Å²) in [5.74, 6) is 1.13. The minimum absolute atomic E-state index is 0.143. The van der Waals surface area contributed by atoms with Gasteiger partial charge in [0.2, 0.25) is 11.8 Å². The lowest BCUT2D eigenvalue weighted by atomic mass is 10.1. The van der Waals surface area contributed by atoms with E-state index < -0.39 is 6.04 Å². The van der Waals surface area contributed by atoms with E-state index in [-0.39, 0.29) is 17.9 Å². The van der Waals surface area contributed by atoms with Crippen LogP contribution in [0.1, 0.15) is 49.8 Å². The Bertz CT molecular complexity index is 1160. The highest BCUT2D eigenvalue weighted by molar-refractivity contribution is 5.96. The number of ether oxygens (including phenoxy) is 2. The quantitative estimate of drug-likeness (QED) is 0.354. The number of anilines is 2. The minimum Gasteiger partial charge on any atom is -0.493 e. The van der Waals surface area contributed by atoms with Gasteiger partial charge in [-0.2, -0.15) is 0 Å². The molecule has 7 heteroatoms. The maximum Gasteiger partial charge on any atom is 0.246 e. The Balaban J connectivity index is 1.47. The van der Waals surface area contributed by atoms with Crippen molar-refractivity contribution in [1.82, 2.24) is 5.32 Å². The van der Waals surface area contributed by atoms with Gasteiger partial charge in [-0.1, -0.05) is 36.4 Å². The molecule has 36 heavy (non-hydrogen) atoms. The fourth-order valence-electron chi connectivity index (χ4n) is 4.39. The van der Waals surface area contributed by atoms with Crippen molar-refractivity contribution in [2.75, 3.05) is 17.7 Å². The first-order chi connectivity index (χ1) is 17.5. The normalized spacial score (nSPS) is 14.2. The Labute approximate surface area is 212 Å². The van der Waals surface area contributed by atoms with E-state index in [0.29, 0.717) is 23.7 Å². The maximum atomic E-state index is 13.3. The highest BCUT2D eigenvalue weighted by Gasteiger charge is 2.22. The molecule has 1 atom stereocenters. The molecule has 0 aliphatic heterocycles. The molecular formula is C29H33N3O4. The minimum atomic E-state index is -0.567. The highest BCUT2D eigenvalue weighted by atomic mass is 16.5. The monoisotopic (exact) mass is 487 g/mol. The third-order valence-corrected chi connectivity index (χ3v) is 6.20. The lowest BCUT2D eigenvalue weighted by Crippen LogP contribution is -2.32. The van der Waals surface area contributed by atoms with Gasteiger partial charge in [0.05, 0.1) is 13.2 Å².